The lowest BCUT2D eigenvalue weighted by Crippen LogP contribution is -2.22. The van der Waals surface area contributed by atoms with E-state index < -0.39 is 11.6 Å². The number of cyclic esters (lactones) is 1. The molecule has 3 nitrogen and oxygen atoms in total. The molecule has 0 amide bonds. The lowest BCUT2D eigenvalue weighted by molar-refractivity contribution is -0.143. The summed E-state index contributed by atoms with van der Waals surface area (Å²) in [6, 6.07) is 7.41. The molecule has 0 aromatic heterocycles. The third kappa shape index (κ3) is 1.58. The smallest absolute Gasteiger partial charge is 0.343 e. The number of aliphatic hydroxyl groups is 1. The predicted molar refractivity (Wildman–Crippen MR) is 60.9 cm³/mol. The minimum atomic E-state index is -0.919. The van der Waals surface area contributed by atoms with E-state index in [1.165, 1.54) is 0 Å². The molecule has 84 valence electrons. The molecule has 0 saturated heterocycles. The van der Waals surface area contributed by atoms with Crippen LogP contribution in [0.5, 0.6) is 0 Å². The first-order valence-electron chi connectivity index (χ1n) is 5.16. The van der Waals surface area contributed by atoms with Crippen molar-refractivity contribution in [2.24, 2.45) is 0 Å². The average molecular weight is 218 g/mol. The third-order valence-electron chi connectivity index (χ3n) is 2.70. The van der Waals surface area contributed by atoms with Gasteiger partial charge in [0, 0.05) is 0 Å². The van der Waals surface area contributed by atoms with Crippen LogP contribution in [0.3, 0.4) is 0 Å². The molecule has 0 fully saturated rings. The molecule has 1 heterocycles. The van der Waals surface area contributed by atoms with Crippen molar-refractivity contribution >= 4 is 11.5 Å². The maximum absolute atomic E-state index is 11.6. The van der Waals surface area contributed by atoms with Crippen LogP contribution in [0.1, 0.15) is 25.0 Å². The molecule has 0 radical (unpaired) electrons. The van der Waals surface area contributed by atoms with Crippen LogP contribution in [-0.4, -0.2) is 16.7 Å². The second kappa shape index (κ2) is 3.37. The number of esters is 1. The minimum absolute atomic E-state index is 0.00125. The summed E-state index contributed by atoms with van der Waals surface area (Å²) in [6.07, 6.45) is 0. The van der Waals surface area contributed by atoms with E-state index in [-0.39, 0.29) is 11.3 Å². The van der Waals surface area contributed by atoms with Gasteiger partial charge in [0.25, 0.3) is 0 Å². The summed E-state index contributed by atoms with van der Waals surface area (Å²) in [5.74, 6) is -0.465. The fourth-order valence-electron chi connectivity index (χ4n) is 1.70. The molecular formula is C13H14O3. The Hall–Kier alpha value is -1.77. The molecule has 0 unspecified atom stereocenters. The van der Waals surface area contributed by atoms with Gasteiger partial charge in [0.05, 0.1) is 0 Å². The van der Waals surface area contributed by atoms with E-state index in [9.17, 15) is 9.90 Å². The van der Waals surface area contributed by atoms with Gasteiger partial charge in [0.2, 0.25) is 0 Å². The summed E-state index contributed by atoms with van der Waals surface area (Å²) >= 11 is 0. The highest BCUT2D eigenvalue weighted by molar-refractivity contribution is 6.19. The molecule has 0 spiro atoms. The van der Waals surface area contributed by atoms with Crippen molar-refractivity contribution in [2.45, 2.75) is 26.4 Å². The van der Waals surface area contributed by atoms with Crippen molar-refractivity contribution in [3.63, 3.8) is 0 Å². The van der Waals surface area contributed by atoms with Gasteiger partial charge >= 0.3 is 5.97 Å². The quantitative estimate of drug-likeness (QED) is 0.737. The number of carbonyl (C=O) groups is 1. The molecule has 0 aliphatic carbocycles. The van der Waals surface area contributed by atoms with E-state index in [0.29, 0.717) is 5.56 Å². The van der Waals surface area contributed by atoms with E-state index in [2.05, 4.69) is 0 Å². The van der Waals surface area contributed by atoms with Gasteiger partial charge in [0.1, 0.15) is 5.57 Å². The van der Waals surface area contributed by atoms with Crippen LogP contribution in [0.2, 0.25) is 0 Å². The van der Waals surface area contributed by atoms with Crippen molar-refractivity contribution in [1.82, 2.24) is 0 Å². The number of aryl methyl sites for hydroxylation is 1. The Kier molecular flexibility index (Phi) is 2.26. The topological polar surface area (TPSA) is 46.5 Å². The third-order valence-corrected chi connectivity index (χ3v) is 2.70. The molecule has 1 aromatic rings. The van der Waals surface area contributed by atoms with Gasteiger partial charge in [-0.25, -0.2) is 4.79 Å². The van der Waals surface area contributed by atoms with Crippen molar-refractivity contribution < 1.29 is 14.6 Å². The largest absolute Gasteiger partial charge is 0.507 e. The maximum Gasteiger partial charge on any atom is 0.343 e. The Bertz CT molecular complexity index is 466. The first-order valence-corrected chi connectivity index (χ1v) is 5.16. The Morgan fingerprint density at radius 1 is 1.19 bits per heavy atom. The molecule has 3 heteroatoms. The molecule has 1 aliphatic heterocycles. The fraction of sp³-hybridized carbons (Fsp3) is 0.308. The van der Waals surface area contributed by atoms with Gasteiger partial charge in [-0.2, -0.15) is 0 Å². The zero-order chi connectivity index (χ0) is 11.9. The number of hydrogen-bond donors (Lipinski definition) is 1. The number of rotatable bonds is 1. The maximum atomic E-state index is 11.6. The SMILES string of the molecule is Cc1ccc(C2=C(O)C(C)(C)OC2=O)cc1. The van der Waals surface area contributed by atoms with Crippen LogP contribution in [0.15, 0.2) is 30.0 Å². The lowest BCUT2D eigenvalue weighted by atomic mass is 9.99. The molecule has 0 saturated carbocycles. The van der Waals surface area contributed by atoms with Gasteiger partial charge in [-0.3, -0.25) is 0 Å². The first kappa shape index (κ1) is 10.7. The molecule has 16 heavy (non-hydrogen) atoms. The zero-order valence-electron chi connectivity index (χ0n) is 9.57. The minimum Gasteiger partial charge on any atom is -0.507 e. The summed E-state index contributed by atoms with van der Waals surface area (Å²) in [7, 11) is 0. The highest BCUT2D eigenvalue weighted by Crippen LogP contribution is 2.35. The van der Waals surface area contributed by atoms with Crippen molar-refractivity contribution in [3.05, 3.63) is 41.2 Å². The van der Waals surface area contributed by atoms with Crippen LogP contribution in [-0.2, 0) is 9.53 Å². The first-order chi connectivity index (χ1) is 7.42. The summed E-state index contributed by atoms with van der Waals surface area (Å²) in [5, 5.41) is 9.94. The normalized spacial score (nSPS) is 18.8. The number of carbonyl (C=O) groups excluding carboxylic acids is 1. The van der Waals surface area contributed by atoms with Gasteiger partial charge < -0.3 is 9.84 Å². The molecule has 1 N–H and O–H groups in total. The molecule has 1 aliphatic rings. The number of benzene rings is 1. The van der Waals surface area contributed by atoms with Crippen LogP contribution < -0.4 is 0 Å². The van der Waals surface area contributed by atoms with Crippen LogP contribution in [0.4, 0.5) is 0 Å². The second-order valence-electron chi connectivity index (χ2n) is 4.49. The summed E-state index contributed by atoms with van der Waals surface area (Å²) in [6.45, 7) is 5.30. The average Bonchev–Trinajstić information content (AvgIpc) is 2.39. The van der Waals surface area contributed by atoms with E-state index >= 15 is 0 Å². The Labute approximate surface area is 94.4 Å². The lowest BCUT2D eigenvalue weighted by Gasteiger charge is -2.16. The molecule has 0 bridgehead atoms. The van der Waals surface area contributed by atoms with E-state index in [4.69, 9.17) is 4.74 Å². The number of ether oxygens (including phenoxy) is 1. The molecule has 0 atom stereocenters. The van der Waals surface area contributed by atoms with E-state index in [0.717, 1.165) is 5.56 Å². The van der Waals surface area contributed by atoms with Gasteiger partial charge in [-0.05, 0) is 26.3 Å². The monoisotopic (exact) mass is 218 g/mol. The number of aliphatic hydroxyl groups excluding tert-OH is 1. The summed E-state index contributed by atoms with van der Waals surface area (Å²) in [4.78, 5) is 11.6. The van der Waals surface area contributed by atoms with Crippen molar-refractivity contribution in [2.75, 3.05) is 0 Å². The Morgan fingerprint density at radius 2 is 1.75 bits per heavy atom. The van der Waals surface area contributed by atoms with Crippen molar-refractivity contribution in [1.29, 1.82) is 0 Å². The Balaban J connectivity index is 2.52. The van der Waals surface area contributed by atoms with Crippen LogP contribution in [0, 0.1) is 6.92 Å². The molecular weight excluding hydrogens is 204 g/mol. The fourth-order valence-corrected chi connectivity index (χ4v) is 1.70. The van der Waals surface area contributed by atoms with Crippen LogP contribution in [0.25, 0.3) is 5.57 Å². The van der Waals surface area contributed by atoms with Crippen LogP contribution >= 0.6 is 0 Å². The highest BCUT2D eigenvalue weighted by atomic mass is 16.6. The predicted octanol–water partition coefficient (Wildman–Crippen LogP) is 2.60. The molecule has 1 aromatic carbocycles. The Morgan fingerprint density at radius 3 is 2.19 bits per heavy atom. The molecule has 2 rings (SSSR count). The van der Waals surface area contributed by atoms with E-state index in [1.807, 2.05) is 31.2 Å². The zero-order valence-corrected chi connectivity index (χ0v) is 9.57. The second-order valence-corrected chi connectivity index (χ2v) is 4.49. The van der Waals surface area contributed by atoms with Gasteiger partial charge in [0.15, 0.2) is 11.4 Å². The van der Waals surface area contributed by atoms with Gasteiger partial charge in [-0.1, -0.05) is 29.8 Å². The van der Waals surface area contributed by atoms with Gasteiger partial charge in [-0.15, -0.1) is 0 Å². The number of hydrogen-bond acceptors (Lipinski definition) is 3. The standard InChI is InChI=1S/C13H14O3/c1-8-4-6-9(7-5-8)10-11(14)13(2,3)16-12(10)15/h4-7,14H,1-3H3. The van der Waals surface area contributed by atoms with Crippen molar-refractivity contribution in [3.8, 4) is 0 Å². The summed E-state index contributed by atoms with van der Waals surface area (Å²) in [5.41, 5.74) is 1.15. The summed E-state index contributed by atoms with van der Waals surface area (Å²) < 4.78 is 5.10. The van der Waals surface area contributed by atoms with E-state index in [1.54, 1.807) is 13.8 Å². The highest BCUT2D eigenvalue weighted by Gasteiger charge is 2.41.